The lowest BCUT2D eigenvalue weighted by atomic mass is 10.1. The normalized spacial score (nSPS) is 11.8. The first-order chi connectivity index (χ1) is 16.4. The Bertz CT molecular complexity index is 1520. The molecule has 0 aliphatic heterocycles. The highest BCUT2D eigenvalue weighted by Crippen LogP contribution is 2.29. The van der Waals surface area contributed by atoms with Gasteiger partial charge >= 0.3 is 0 Å². The quantitative estimate of drug-likeness (QED) is 0.392. The van der Waals surface area contributed by atoms with Crippen LogP contribution in [0.4, 0.5) is 5.69 Å². The van der Waals surface area contributed by atoms with Gasteiger partial charge in [-0.15, -0.1) is 5.10 Å². The van der Waals surface area contributed by atoms with E-state index in [0.717, 1.165) is 0 Å². The molecule has 1 aromatic heterocycles. The molecule has 0 bridgehead atoms. The monoisotopic (exact) mass is 479 g/mol. The van der Waals surface area contributed by atoms with Crippen LogP contribution in [0.3, 0.4) is 0 Å². The van der Waals surface area contributed by atoms with Gasteiger partial charge in [0.25, 0.3) is 15.9 Å². The van der Waals surface area contributed by atoms with Crippen molar-refractivity contribution in [1.82, 2.24) is 4.83 Å². The second kappa shape index (κ2) is 9.67. The molecule has 0 fully saturated rings. The van der Waals surface area contributed by atoms with Crippen LogP contribution < -0.4 is 25.2 Å². The molecular weight excluding hydrogens is 458 g/mol. The van der Waals surface area contributed by atoms with E-state index in [0.29, 0.717) is 28.2 Å². The van der Waals surface area contributed by atoms with Gasteiger partial charge in [-0.1, -0.05) is 36.4 Å². The Hall–Kier alpha value is -4.31. The molecule has 0 saturated heterocycles. The van der Waals surface area contributed by atoms with Crippen LogP contribution in [0.2, 0.25) is 0 Å². The zero-order valence-electron chi connectivity index (χ0n) is 18.3. The zero-order chi connectivity index (χ0) is 24.1. The molecule has 34 heavy (non-hydrogen) atoms. The van der Waals surface area contributed by atoms with Crippen molar-refractivity contribution in [2.24, 2.45) is 5.10 Å². The maximum Gasteiger partial charge on any atom is 0.276 e. The number of nitrogens with zero attached hydrogens (tertiary/aromatic N) is 1. The lowest BCUT2D eigenvalue weighted by Gasteiger charge is -2.12. The number of fused-ring (bicyclic) bond motifs is 1. The summed E-state index contributed by atoms with van der Waals surface area (Å²) in [5.74, 6) is 0.341. The topological polar surface area (TPSA) is 119 Å². The van der Waals surface area contributed by atoms with Gasteiger partial charge in [0, 0.05) is 11.5 Å². The molecule has 0 radical (unpaired) electrons. The standard InChI is InChI=1S/C24H21N3O6S/c1-31-17-12-13-22(32-2)20(15-17)25-23(28)19-14-16-8-6-7-11-21(16)33-24(19)26-27-34(29,30)18-9-4-3-5-10-18/h3-15,27H,1-2H3,(H,25,28). The Kier molecular flexibility index (Phi) is 6.51. The fourth-order valence-electron chi connectivity index (χ4n) is 3.17. The van der Waals surface area contributed by atoms with Gasteiger partial charge < -0.3 is 19.2 Å². The van der Waals surface area contributed by atoms with Gasteiger partial charge in [-0.3, -0.25) is 4.79 Å². The summed E-state index contributed by atoms with van der Waals surface area (Å²) < 4.78 is 41.5. The number of carbonyl (C=O) groups excluding carboxylic acids is 1. The molecule has 0 unspecified atom stereocenters. The number of anilines is 1. The minimum atomic E-state index is -3.98. The SMILES string of the molecule is COc1ccc(OC)c(NC(=O)c2cc3ccccc3oc2=NNS(=O)(=O)c2ccccc2)c1. The first-order valence-electron chi connectivity index (χ1n) is 10.1. The fraction of sp³-hybridized carbons (Fsp3) is 0.0833. The van der Waals surface area contributed by atoms with Crippen LogP contribution in [0.15, 0.2) is 93.3 Å². The molecule has 174 valence electrons. The van der Waals surface area contributed by atoms with Crippen molar-refractivity contribution in [2.75, 3.05) is 19.5 Å². The Balaban J connectivity index is 1.77. The van der Waals surface area contributed by atoms with E-state index < -0.39 is 15.9 Å². The highest BCUT2D eigenvalue weighted by molar-refractivity contribution is 7.89. The smallest absolute Gasteiger partial charge is 0.276 e. The molecule has 0 atom stereocenters. The average molecular weight is 480 g/mol. The molecule has 10 heteroatoms. The molecular formula is C24H21N3O6S. The van der Waals surface area contributed by atoms with Crippen molar-refractivity contribution in [3.63, 3.8) is 0 Å². The molecule has 0 aliphatic rings. The summed E-state index contributed by atoms with van der Waals surface area (Å²) in [5.41, 5.74) is 0.586. The number of nitrogens with one attached hydrogen (secondary N) is 2. The van der Waals surface area contributed by atoms with Crippen LogP contribution in [-0.4, -0.2) is 28.5 Å². The van der Waals surface area contributed by atoms with Crippen molar-refractivity contribution in [3.8, 4) is 11.5 Å². The van der Waals surface area contributed by atoms with E-state index in [1.54, 1.807) is 66.7 Å². The summed E-state index contributed by atoms with van der Waals surface area (Å²) in [6.07, 6.45) is 0. The van der Waals surface area contributed by atoms with Crippen molar-refractivity contribution in [1.29, 1.82) is 0 Å². The third-order valence-corrected chi connectivity index (χ3v) is 6.10. The third kappa shape index (κ3) is 4.86. The molecule has 2 N–H and O–H groups in total. The number of rotatable bonds is 7. The largest absolute Gasteiger partial charge is 0.497 e. The maximum absolute atomic E-state index is 13.2. The van der Waals surface area contributed by atoms with E-state index in [4.69, 9.17) is 13.9 Å². The first-order valence-corrected chi connectivity index (χ1v) is 11.6. The van der Waals surface area contributed by atoms with Gasteiger partial charge in [0.2, 0.25) is 5.55 Å². The van der Waals surface area contributed by atoms with Crippen LogP contribution in [0.5, 0.6) is 11.5 Å². The molecule has 4 aromatic rings. The predicted octanol–water partition coefficient (Wildman–Crippen LogP) is 3.50. The van der Waals surface area contributed by atoms with Gasteiger partial charge in [-0.2, -0.15) is 13.2 Å². The summed E-state index contributed by atoms with van der Waals surface area (Å²) in [5, 5.41) is 7.30. The maximum atomic E-state index is 13.2. The van der Waals surface area contributed by atoms with E-state index in [1.807, 2.05) is 0 Å². The molecule has 4 rings (SSSR count). The van der Waals surface area contributed by atoms with Crippen molar-refractivity contribution < 1.29 is 27.1 Å². The van der Waals surface area contributed by atoms with E-state index in [-0.39, 0.29) is 16.0 Å². The van der Waals surface area contributed by atoms with Crippen molar-refractivity contribution in [2.45, 2.75) is 4.90 Å². The lowest BCUT2D eigenvalue weighted by Crippen LogP contribution is -2.27. The minimum absolute atomic E-state index is 0.0133. The van der Waals surface area contributed by atoms with Gasteiger partial charge in [-0.25, -0.2) is 0 Å². The molecule has 0 aliphatic carbocycles. The van der Waals surface area contributed by atoms with Crippen molar-refractivity contribution in [3.05, 3.63) is 90.0 Å². The number of hydrogen-bond donors (Lipinski definition) is 2. The van der Waals surface area contributed by atoms with Crippen LogP contribution in [0, 0.1) is 0 Å². The van der Waals surface area contributed by atoms with Gasteiger partial charge in [0.1, 0.15) is 22.6 Å². The van der Waals surface area contributed by atoms with E-state index in [9.17, 15) is 13.2 Å². The third-order valence-electron chi connectivity index (χ3n) is 4.88. The summed E-state index contributed by atoms with van der Waals surface area (Å²) in [4.78, 5) is 15.4. The Labute approximate surface area is 195 Å². The second-order valence-electron chi connectivity index (χ2n) is 7.04. The zero-order valence-corrected chi connectivity index (χ0v) is 19.1. The number of amides is 1. The van der Waals surface area contributed by atoms with Crippen LogP contribution >= 0.6 is 0 Å². The molecule has 3 aromatic carbocycles. The highest BCUT2D eigenvalue weighted by atomic mass is 32.2. The number of sulfonamides is 1. The summed E-state index contributed by atoms with van der Waals surface area (Å²) in [6.45, 7) is 0. The number of para-hydroxylation sites is 1. The van der Waals surface area contributed by atoms with Gasteiger partial charge in [-0.05, 0) is 36.4 Å². The van der Waals surface area contributed by atoms with Crippen LogP contribution in [0.1, 0.15) is 10.4 Å². The Morgan fingerprint density at radius 3 is 2.38 bits per heavy atom. The number of methoxy groups -OCH3 is 2. The number of carbonyl (C=O) groups is 1. The molecule has 1 amide bonds. The highest BCUT2D eigenvalue weighted by Gasteiger charge is 2.17. The summed E-state index contributed by atoms with van der Waals surface area (Å²) in [7, 11) is -0.998. The average Bonchev–Trinajstić information content (AvgIpc) is 2.87. The summed E-state index contributed by atoms with van der Waals surface area (Å²) >= 11 is 0. The van der Waals surface area contributed by atoms with Crippen molar-refractivity contribution >= 4 is 32.6 Å². The Morgan fingerprint density at radius 2 is 1.65 bits per heavy atom. The van der Waals surface area contributed by atoms with Gasteiger partial charge in [0.15, 0.2) is 0 Å². The molecule has 0 spiro atoms. The first kappa shape index (κ1) is 22.9. The Morgan fingerprint density at radius 1 is 0.912 bits per heavy atom. The summed E-state index contributed by atoms with van der Waals surface area (Å²) in [6, 6.07) is 21.2. The fourth-order valence-corrected chi connectivity index (χ4v) is 3.99. The van der Waals surface area contributed by atoms with Crippen LogP contribution in [0.25, 0.3) is 11.0 Å². The minimum Gasteiger partial charge on any atom is -0.497 e. The number of ether oxygens (including phenoxy) is 2. The number of hydrogen-bond acceptors (Lipinski definition) is 7. The van der Waals surface area contributed by atoms with Crippen LogP contribution in [-0.2, 0) is 10.0 Å². The van der Waals surface area contributed by atoms with Gasteiger partial charge in [0.05, 0.1) is 24.8 Å². The second-order valence-corrected chi connectivity index (χ2v) is 8.70. The molecule has 1 heterocycles. The van der Waals surface area contributed by atoms with E-state index in [1.165, 1.54) is 26.4 Å². The molecule has 9 nitrogen and oxygen atoms in total. The number of benzene rings is 3. The predicted molar refractivity (Wildman–Crippen MR) is 126 cm³/mol. The van der Waals surface area contributed by atoms with E-state index >= 15 is 0 Å². The lowest BCUT2D eigenvalue weighted by molar-refractivity contribution is 0.102. The van der Waals surface area contributed by atoms with E-state index in [2.05, 4.69) is 15.2 Å². The molecule has 0 saturated carbocycles.